The van der Waals surface area contributed by atoms with Gasteiger partial charge in [0.15, 0.2) is 12.4 Å². The smallest absolute Gasteiger partial charge is 0.397 e. The number of ether oxygens (including phenoxy) is 3. The molecule has 13 atom stereocenters. The molecule has 8 unspecified atom stereocenters. The lowest BCUT2D eigenvalue weighted by Gasteiger charge is -2.62. The van der Waals surface area contributed by atoms with Crippen LogP contribution in [-0.2, 0) is 67.1 Å². The molecule has 1 heterocycles. The van der Waals surface area contributed by atoms with Crippen LogP contribution in [0.4, 0.5) is 0 Å². The molecule has 1 aliphatic heterocycles. The maximum Gasteiger partial charge on any atom is 0.397 e. The largest absolute Gasteiger partial charge is 0.481 e. The minimum absolute atomic E-state index is 0.117. The molecule has 21 heteroatoms. The van der Waals surface area contributed by atoms with Gasteiger partial charge in [0, 0.05) is 11.8 Å². The number of carboxylic acids is 1. The van der Waals surface area contributed by atoms with Crippen molar-refractivity contribution in [3.05, 3.63) is 42.0 Å². The average Bonchev–Trinajstić information content (AvgIpc) is 3.29. The van der Waals surface area contributed by atoms with Crippen molar-refractivity contribution in [3.8, 4) is 0 Å². The molecule has 0 aromatic heterocycles. The van der Waals surface area contributed by atoms with Crippen LogP contribution < -0.4 is 0 Å². The number of aliphatic hydroxyl groups excluding tert-OH is 1. The van der Waals surface area contributed by atoms with Crippen LogP contribution in [0, 0.1) is 47.3 Å². The van der Waals surface area contributed by atoms with E-state index in [0.717, 1.165) is 12.0 Å². The first kappa shape index (κ1) is 45.0. The van der Waals surface area contributed by atoms with E-state index in [-0.39, 0.29) is 47.8 Å². The Balaban J connectivity index is 1.40. The zero-order valence-electron chi connectivity index (χ0n) is 32.5. The predicted molar refractivity (Wildman–Crippen MR) is 200 cm³/mol. The van der Waals surface area contributed by atoms with E-state index >= 15 is 0 Å². The number of esters is 1. The number of aliphatic hydroxyl groups is 1. The monoisotopic (exact) mass is 880 g/mol. The highest BCUT2D eigenvalue weighted by Gasteiger charge is 2.67. The molecule has 18 nitrogen and oxygen atoms in total. The van der Waals surface area contributed by atoms with Crippen LogP contribution in [0.3, 0.4) is 0 Å². The maximum absolute atomic E-state index is 13.4. The number of carboxylic acid groups (broad SMARTS) is 1. The van der Waals surface area contributed by atoms with Gasteiger partial charge in [0.2, 0.25) is 0 Å². The van der Waals surface area contributed by atoms with Gasteiger partial charge in [-0.3, -0.25) is 18.3 Å². The van der Waals surface area contributed by atoms with Gasteiger partial charge in [0.25, 0.3) is 10.1 Å². The summed E-state index contributed by atoms with van der Waals surface area (Å²) in [5.41, 5.74) is 0.171. The summed E-state index contributed by atoms with van der Waals surface area (Å²) in [5.74, 6) is -3.82. The fourth-order valence-corrected chi connectivity index (χ4v) is 13.5. The second kappa shape index (κ2) is 16.4. The summed E-state index contributed by atoms with van der Waals surface area (Å²) in [4.78, 5) is 25.9. The van der Waals surface area contributed by atoms with Crippen LogP contribution in [0.15, 0.2) is 41.3 Å². The Morgan fingerprint density at radius 1 is 1.02 bits per heavy atom. The van der Waals surface area contributed by atoms with Crippen LogP contribution >= 0.6 is 0 Å². The molecule has 6 rings (SSSR count). The highest BCUT2D eigenvalue weighted by Crippen LogP contribution is 2.70. The molecule has 1 aromatic carbocycles. The van der Waals surface area contributed by atoms with E-state index in [1.54, 1.807) is 20.8 Å². The lowest BCUT2D eigenvalue weighted by molar-refractivity contribution is -0.296. The molecule has 1 spiro atoms. The van der Waals surface area contributed by atoms with Crippen LogP contribution in [0.5, 0.6) is 0 Å². The van der Waals surface area contributed by atoms with E-state index in [0.29, 0.717) is 31.2 Å². The second-order valence-electron chi connectivity index (χ2n) is 17.2. The summed E-state index contributed by atoms with van der Waals surface area (Å²) in [6.07, 6.45) is -7.67. The van der Waals surface area contributed by atoms with Crippen LogP contribution in [0.1, 0.15) is 77.7 Å². The minimum Gasteiger partial charge on any atom is -0.481 e. The van der Waals surface area contributed by atoms with Crippen molar-refractivity contribution >= 4 is 42.6 Å². The van der Waals surface area contributed by atoms with Gasteiger partial charge in [-0.25, -0.2) is 9.44 Å². The number of aryl methyl sites for hydroxylation is 1. The first-order chi connectivity index (χ1) is 26.9. The number of aliphatic carboxylic acids is 1. The topological polar surface area (TPSA) is 273 Å². The van der Waals surface area contributed by atoms with Crippen molar-refractivity contribution in [2.45, 2.75) is 126 Å². The number of rotatable bonds is 14. The summed E-state index contributed by atoms with van der Waals surface area (Å²) in [6, 6.07) is 5.38. The average molecular weight is 881 g/mol. The third kappa shape index (κ3) is 8.63. The number of benzene rings is 1. The summed E-state index contributed by atoms with van der Waals surface area (Å²) < 4.78 is 120. The third-order valence-electron chi connectivity index (χ3n) is 13.2. The number of carbonyl (C=O) groups excluding carboxylic acids is 1. The van der Waals surface area contributed by atoms with E-state index in [9.17, 15) is 54.9 Å². The highest BCUT2D eigenvalue weighted by molar-refractivity contribution is 7.87. The van der Waals surface area contributed by atoms with Gasteiger partial charge in [-0.05, 0) is 98.7 Å². The Morgan fingerprint density at radius 2 is 1.69 bits per heavy atom. The SMILES string of the molecule is C=C1C2CCC3C4(C)CC(O[C@@H]5O[C@@H](COS(=O)(=O)c6ccc(C)cc6)[C@@H](S(=O)(=O)OO)[C@H](OS(=O)(=O)O)C5OC(=O)CC(C)C)CC(C(=O)O)C4CCC3(C2)[C@H]1O. The maximum atomic E-state index is 13.4. The molecule has 1 aromatic rings. The molecule has 326 valence electrons. The Kier molecular flexibility index (Phi) is 12.7. The van der Waals surface area contributed by atoms with E-state index in [4.69, 9.17) is 22.6 Å². The third-order valence-corrected chi connectivity index (χ3v) is 16.4. The number of hydrogen-bond donors (Lipinski definition) is 4. The summed E-state index contributed by atoms with van der Waals surface area (Å²) in [7, 11) is -15.7. The van der Waals surface area contributed by atoms with Gasteiger partial charge in [0.05, 0.1) is 29.6 Å². The molecule has 0 amide bonds. The quantitative estimate of drug-likeness (QED) is 0.0396. The number of hydrogen-bond acceptors (Lipinski definition) is 16. The normalized spacial score (nSPS) is 37.9. The molecule has 1 saturated heterocycles. The molecule has 5 fully saturated rings. The van der Waals surface area contributed by atoms with Crippen LogP contribution in [0.2, 0.25) is 0 Å². The van der Waals surface area contributed by atoms with Crippen molar-refractivity contribution in [1.82, 2.24) is 0 Å². The zero-order chi connectivity index (χ0) is 42.7. The minimum atomic E-state index is -5.63. The Labute approximate surface area is 338 Å². The van der Waals surface area contributed by atoms with Crippen LogP contribution in [-0.4, -0.2) is 106 Å². The van der Waals surface area contributed by atoms with Crippen molar-refractivity contribution in [1.29, 1.82) is 0 Å². The van der Waals surface area contributed by atoms with Gasteiger partial charge >= 0.3 is 32.5 Å². The second-order valence-corrected chi connectivity index (χ2v) is 21.5. The fourth-order valence-electron chi connectivity index (χ4n) is 10.9. The van der Waals surface area contributed by atoms with Gasteiger partial charge in [0.1, 0.15) is 17.5 Å². The lowest BCUT2D eigenvalue weighted by Crippen LogP contribution is -2.65. The zero-order valence-corrected chi connectivity index (χ0v) is 35.0. The standard InChI is InChI=1S/C37H52O18S3/c1-19(2)14-29(38)53-31-30(54-58(47,48)49)32(57(45,46)55-42)27(18-50-56(43,44)24-9-6-20(3)7-10-24)52-35(31)51-23-15-25(34(40)41)26-12-13-37-16-22(21(4)33(37)39)8-11-28(37)36(26,5)17-23/h6-7,9-10,19,22-23,25-28,30-33,35,39,42H,4,8,11-18H2,1-3,5H3,(H,40,41)(H,47,48,49)/t22?,23?,25?,26?,27-,28?,30+,31?,32+,33-,35+,36?,37?/m0/s1. The number of fused-ring (bicyclic) bond motifs is 3. The first-order valence-corrected chi connectivity index (χ1v) is 23.5. The van der Waals surface area contributed by atoms with E-state index in [1.807, 2.05) is 6.92 Å². The summed E-state index contributed by atoms with van der Waals surface area (Å²) in [5, 5.41) is 29.1. The van der Waals surface area contributed by atoms with Crippen molar-refractivity contribution in [2.24, 2.45) is 40.4 Å². The fraction of sp³-hybridized carbons (Fsp3) is 0.730. The van der Waals surface area contributed by atoms with E-state index < -0.39 is 108 Å². The Hall–Kier alpha value is -2.57. The summed E-state index contributed by atoms with van der Waals surface area (Å²) in [6.45, 7) is 9.95. The summed E-state index contributed by atoms with van der Waals surface area (Å²) >= 11 is 0. The molecule has 2 bridgehead atoms. The lowest BCUT2D eigenvalue weighted by atomic mass is 9.43. The van der Waals surface area contributed by atoms with E-state index in [1.165, 1.54) is 24.3 Å². The molecule has 4 aliphatic carbocycles. The molecular formula is C37H52O18S3. The van der Waals surface area contributed by atoms with Gasteiger partial charge < -0.3 is 24.4 Å². The molecule has 4 saturated carbocycles. The van der Waals surface area contributed by atoms with Gasteiger partial charge in [-0.15, -0.1) is 4.33 Å². The van der Waals surface area contributed by atoms with E-state index in [2.05, 4.69) is 10.9 Å². The van der Waals surface area contributed by atoms with Crippen LogP contribution in [0.25, 0.3) is 0 Å². The predicted octanol–water partition coefficient (Wildman–Crippen LogP) is 3.39. The van der Waals surface area contributed by atoms with Gasteiger partial charge in [-0.1, -0.05) is 45.0 Å². The Morgan fingerprint density at radius 3 is 2.29 bits per heavy atom. The van der Waals surface area contributed by atoms with Crippen molar-refractivity contribution < 1.29 is 81.8 Å². The first-order valence-electron chi connectivity index (χ1n) is 19.2. The molecule has 0 radical (unpaired) electrons. The molecule has 58 heavy (non-hydrogen) atoms. The Bertz CT molecular complexity index is 2070. The van der Waals surface area contributed by atoms with Gasteiger partial charge in [-0.2, -0.15) is 25.3 Å². The highest BCUT2D eigenvalue weighted by atomic mass is 32.3. The molecular weight excluding hydrogens is 829 g/mol. The molecule has 5 aliphatic rings. The van der Waals surface area contributed by atoms with Crippen molar-refractivity contribution in [2.75, 3.05) is 6.61 Å². The number of carbonyl (C=O) groups is 2. The molecule has 4 N–H and O–H groups in total. The van der Waals surface area contributed by atoms with Crippen molar-refractivity contribution in [3.63, 3.8) is 0 Å².